The lowest BCUT2D eigenvalue weighted by atomic mass is 9.99. The lowest BCUT2D eigenvalue weighted by Crippen LogP contribution is -2.40. The van der Waals surface area contributed by atoms with Gasteiger partial charge in [-0.3, -0.25) is 4.79 Å². The van der Waals surface area contributed by atoms with Crippen LogP contribution in [0.15, 0.2) is 23.1 Å². The predicted octanol–water partition coefficient (Wildman–Crippen LogP) is 2.98. The van der Waals surface area contributed by atoms with Crippen molar-refractivity contribution in [3.63, 3.8) is 0 Å². The van der Waals surface area contributed by atoms with Gasteiger partial charge in [0.25, 0.3) is 0 Å². The van der Waals surface area contributed by atoms with Crippen LogP contribution in [-0.4, -0.2) is 58.6 Å². The SMILES string of the molecule is CCCCC(CC)CNC(=O)CCc1cc(S(=O)(=O)N2CCOCC2)ccc1OC. The van der Waals surface area contributed by atoms with Gasteiger partial charge in [0.05, 0.1) is 25.2 Å². The van der Waals surface area contributed by atoms with E-state index in [9.17, 15) is 13.2 Å². The number of nitrogens with zero attached hydrogens (tertiary/aromatic N) is 1. The summed E-state index contributed by atoms with van der Waals surface area (Å²) in [6.07, 6.45) is 5.23. The van der Waals surface area contributed by atoms with Crippen LogP contribution in [0.3, 0.4) is 0 Å². The van der Waals surface area contributed by atoms with Gasteiger partial charge in [-0.15, -0.1) is 0 Å². The van der Waals surface area contributed by atoms with Gasteiger partial charge >= 0.3 is 0 Å². The van der Waals surface area contributed by atoms with Crippen LogP contribution in [0.25, 0.3) is 0 Å². The highest BCUT2D eigenvalue weighted by molar-refractivity contribution is 7.89. The van der Waals surface area contributed by atoms with E-state index in [1.54, 1.807) is 25.3 Å². The lowest BCUT2D eigenvalue weighted by Gasteiger charge is -2.26. The minimum atomic E-state index is -3.58. The molecule has 0 bridgehead atoms. The van der Waals surface area contributed by atoms with Crippen molar-refractivity contribution in [2.75, 3.05) is 40.0 Å². The molecule has 1 N–H and O–H groups in total. The second-order valence-electron chi connectivity index (χ2n) is 7.71. The molecule has 170 valence electrons. The average Bonchev–Trinajstić information content (AvgIpc) is 2.78. The number of methoxy groups -OCH3 is 1. The summed E-state index contributed by atoms with van der Waals surface area (Å²) in [7, 11) is -2.03. The Labute approximate surface area is 181 Å². The number of amides is 1. The molecule has 1 unspecified atom stereocenters. The van der Waals surface area contributed by atoms with E-state index in [0.29, 0.717) is 57.4 Å². The number of aryl methyl sites for hydroxylation is 1. The van der Waals surface area contributed by atoms with Crippen molar-refractivity contribution >= 4 is 15.9 Å². The Hall–Kier alpha value is -1.64. The molecule has 1 fully saturated rings. The van der Waals surface area contributed by atoms with Crippen LogP contribution in [-0.2, 0) is 26.0 Å². The highest BCUT2D eigenvalue weighted by Gasteiger charge is 2.27. The third-order valence-electron chi connectivity index (χ3n) is 5.61. The van der Waals surface area contributed by atoms with E-state index in [4.69, 9.17) is 9.47 Å². The molecule has 1 amide bonds. The molecule has 1 atom stereocenters. The fourth-order valence-corrected chi connectivity index (χ4v) is 5.04. The van der Waals surface area contributed by atoms with Gasteiger partial charge in [0.1, 0.15) is 5.75 Å². The van der Waals surface area contributed by atoms with Gasteiger partial charge in [0.2, 0.25) is 15.9 Å². The van der Waals surface area contributed by atoms with E-state index in [1.807, 2.05) is 0 Å². The van der Waals surface area contributed by atoms with Crippen LogP contribution in [0.2, 0.25) is 0 Å². The van der Waals surface area contributed by atoms with Crippen molar-refractivity contribution in [3.8, 4) is 5.75 Å². The summed E-state index contributed by atoms with van der Waals surface area (Å²) in [6, 6.07) is 4.86. The summed E-state index contributed by atoms with van der Waals surface area (Å²) in [5.74, 6) is 1.08. The Balaban J connectivity index is 2.00. The fraction of sp³-hybridized carbons (Fsp3) is 0.682. The maximum Gasteiger partial charge on any atom is 0.243 e. The zero-order valence-electron chi connectivity index (χ0n) is 18.5. The summed E-state index contributed by atoms with van der Waals surface area (Å²) in [4.78, 5) is 12.6. The number of hydrogen-bond donors (Lipinski definition) is 1. The Kier molecular flexibility index (Phi) is 10.1. The van der Waals surface area contributed by atoms with E-state index in [2.05, 4.69) is 19.2 Å². The quantitative estimate of drug-likeness (QED) is 0.540. The second kappa shape index (κ2) is 12.3. The number of carbonyl (C=O) groups excluding carboxylic acids is 1. The molecule has 0 radical (unpaired) electrons. The summed E-state index contributed by atoms with van der Waals surface area (Å²) in [5.41, 5.74) is 0.722. The van der Waals surface area contributed by atoms with E-state index >= 15 is 0 Å². The first kappa shape index (κ1) is 24.6. The summed E-state index contributed by atoms with van der Waals surface area (Å²) in [5, 5.41) is 3.03. The van der Waals surface area contributed by atoms with Crippen LogP contribution in [0.5, 0.6) is 5.75 Å². The number of sulfonamides is 1. The summed E-state index contributed by atoms with van der Waals surface area (Å²) < 4.78 is 37.9. The highest BCUT2D eigenvalue weighted by Crippen LogP contribution is 2.26. The highest BCUT2D eigenvalue weighted by atomic mass is 32.2. The number of ether oxygens (including phenoxy) is 2. The summed E-state index contributed by atoms with van der Waals surface area (Å²) in [6.45, 7) is 6.52. The number of nitrogens with one attached hydrogen (secondary N) is 1. The Morgan fingerprint density at radius 3 is 2.63 bits per heavy atom. The van der Waals surface area contributed by atoms with Gasteiger partial charge in [-0.25, -0.2) is 8.42 Å². The predicted molar refractivity (Wildman–Crippen MR) is 117 cm³/mol. The smallest absolute Gasteiger partial charge is 0.243 e. The number of morpholine rings is 1. The van der Waals surface area contributed by atoms with Gasteiger partial charge in [-0.2, -0.15) is 4.31 Å². The summed E-state index contributed by atoms with van der Waals surface area (Å²) >= 11 is 0. The molecule has 0 aromatic heterocycles. The van der Waals surface area contributed by atoms with Crippen LogP contribution in [0.1, 0.15) is 51.5 Å². The monoisotopic (exact) mass is 440 g/mol. The number of carbonyl (C=O) groups is 1. The van der Waals surface area contributed by atoms with E-state index in [-0.39, 0.29) is 10.8 Å². The molecule has 1 aromatic rings. The Bertz CT molecular complexity index is 776. The minimum Gasteiger partial charge on any atom is -0.496 e. The fourth-order valence-electron chi connectivity index (χ4n) is 3.58. The molecule has 8 heteroatoms. The zero-order chi connectivity index (χ0) is 22.0. The van der Waals surface area contributed by atoms with E-state index < -0.39 is 10.0 Å². The number of benzene rings is 1. The number of rotatable bonds is 12. The normalized spacial score (nSPS) is 16.2. The maximum absolute atomic E-state index is 12.9. The van der Waals surface area contributed by atoms with E-state index in [1.165, 1.54) is 10.7 Å². The van der Waals surface area contributed by atoms with E-state index in [0.717, 1.165) is 24.8 Å². The molecule has 0 saturated carbocycles. The van der Waals surface area contributed by atoms with Crippen LogP contribution in [0.4, 0.5) is 0 Å². The molecule has 2 rings (SSSR count). The van der Waals surface area contributed by atoms with Crippen LogP contribution >= 0.6 is 0 Å². The topological polar surface area (TPSA) is 84.9 Å². The number of unbranched alkanes of at least 4 members (excludes halogenated alkanes) is 1. The Morgan fingerprint density at radius 2 is 2.00 bits per heavy atom. The van der Waals surface area contributed by atoms with Gasteiger partial charge in [0.15, 0.2) is 0 Å². The Morgan fingerprint density at radius 1 is 1.27 bits per heavy atom. The van der Waals surface area contributed by atoms with Crippen LogP contribution < -0.4 is 10.1 Å². The number of hydrogen-bond acceptors (Lipinski definition) is 5. The molecule has 0 aliphatic carbocycles. The second-order valence-corrected chi connectivity index (χ2v) is 9.65. The van der Waals surface area contributed by atoms with Crippen molar-refractivity contribution in [2.24, 2.45) is 5.92 Å². The molecule has 0 spiro atoms. The minimum absolute atomic E-state index is 0.0200. The molecular formula is C22H36N2O5S. The molecule has 1 aliphatic heterocycles. The molecular weight excluding hydrogens is 404 g/mol. The first-order chi connectivity index (χ1) is 14.4. The van der Waals surface area contributed by atoms with Crippen molar-refractivity contribution < 1.29 is 22.7 Å². The first-order valence-electron chi connectivity index (χ1n) is 10.9. The lowest BCUT2D eigenvalue weighted by molar-refractivity contribution is -0.121. The largest absolute Gasteiger partial charge is 0.496 e. The van der Waals surface area contributed by atoms with Crippen molar-refractivity contribution in [3.05, 3.63) is 23.8 Å². The van der Waals surface area contributed by atoms with Crippen molar-refractivity contribution in [1.82, 2.24) is 9.62 Å². The average molecular weight is 441 g/mol. The van der Waals surface area contributed by atoms with Crippen LogP contribution in [0, 0.1) is 5.92 Å². The van der Waals surface area contributed by atoms with Gasteiger partial charge in [0, 0.05) is 26.1 Å². The third-order valence-corrected chi connectivity index (χ3v) is 7.51. The third kappa shape index (κ3) is 6.96. The van der Waals surface area contributed by atoms with Crippen molar-refractivity contribution in [2.45, 2.75) is 57.3 Å². The van der Waals surface area contributed by atoms with Gasteiger partial charge in [-0.1, -0.05) is 33.1 Å². The zero-order valence-corrected chi connectivity index (χ0v) is 19.3. The molecule has 1 aromatic carbocycles. The standard InChI is InChI=1S/C22H36N2O5S/c1-4-6-7-18(5-2)17-23-22(25)11-8-19-16-20(9-10-21(19)28-3)30(26,27)24-12-14-29-15-13-24/h9-10,16,18H,4-8,11-15,17H2,1-3H3,(H,23,25). The van der Waals surface area contributed by atoms with Gasteiger partial charge in [-0.05, 0) is 42.5 Å². The van der Waals surface area contributed by atoms with Gasteiger partial charge < -0.3 is 14.8 Å². The maximum atomic E-state index is 12.9. The molecule has 1 heterocycles. The first-order valence-corrected chi connectivity index (χ1v) is 12.4. The molecule has 1 aliphatic rings. The van der Waals surface area contributed by atoms with Crippen molar-refractivity contribution in [1.29, 1.82) is 0 Å². The molecule has 1 saturated heterocycles. The molecule has 30 heavy (non-hydrogen) atoms. The molecule has 7 nitrogen and oxygen atoms in total.